The van der Waals surface area contributed by atoms with Gasteiger partial charge >= 0.3 is 0 Å². The molecule has 1 aromatic heterocycles. The Hall–Kier alpha value is -3.06. The molecule has 2 amide bonds. The van der Waals surface area contributed by atoms with Crippen molar-refractivity contribution in [2.75, 3.05) is 18.8 Å². The Morgan fingerprint density at radius 2 is 1.54 bits per heavy atom. The van der Waals surface area contributed by atoms with Gasteiger partial charge in [0, 0.05) is 31.1 Å². The van der Waals surface area contributed by atoms with Crippen molar-refractivity contribution >= 4 is 23.6 Å². The van der Waals surface area contributed by atoms with E-state index in [0.717, 1.165) is 22.5 Å². The summed E-state index contributed by atoms with van der Waals surface area (Å²) in [6.07, 6.45) is 0. The van der Waals surface area contributed by atoms with Crippen molar-refractivity contribution < 1.29 is 9.59 Å². The SMILES string of the molecule is CC(=O)NCCNC(=O)CSc1nc(-c2ccccc2)c(-c2ccccc2)[nH]1. The molecule has 3 N–H and O–H groups in total. The molecular weight excluding hydrogens is 372 g/mol. The number of nitrogens with zero attached hydrogens (tertiary/aromatic N) is 1. The van der Waals surface area contributed by atoms with Crippen LogP contribution in [-0.2, 0) is 9.59 Å². The van der Waals surface area contributed by atoms with Crippen LogP contribution in [0.2, 0.25) is 0 Å². The average Bonchev–Trinajstić information content (AvgIpc) is 3.15. The number of rotatable bonds is 8. The minimum absolute atomic E-state index is 0.103. The second-order valence-electron chi connectivity index (χ2n) is 6.12. The van der Waals surface area contributed by atoms with E-state index < -0.39 is 0 Å². The highest BCUT2D eigenvalue weighted by Crippen LogP contribution is 2.32. The standard InChI is InChI=1S/C21H22N4O2S/c1-15(26)22-12-13-23-18(27)14-28-21-24-19(16-8-4-2-5-9-16)20(25-21)17-10-6-3-7-11-17/h2-11H,12-14H2,1H3,(H,22,26)(H,23,27)(H,24,25). The molecule has 1 heterocycles. The van der Waals surface area contributed by atoms with E-state index in [9.17, 15) is 9.59 Å². The number of carbonyl (C=O) groups is 2. The number of aromatic amines is 1. The van der Waals surface area contributed by atoms with E-state index in [2.05, 4.69) is 15.6 Å². The molecule has 2 aromatic carbocycles. The van der Waals surface area contributed by atoms with Crippen molar-refractivity contribution in [2.24, 2.45) is 0 Å². The van der Waals surface area contributed by atoms with E-state index in [1.165, 1.54) is 18.7 Å². The van der Waals surface area contributed by atoms with Gasteiger partial charge in [-0.1, -0.05) is 72.4 Å². The molecule has 0 fully saturated rings. The molecule has 0 aliphatic heterocycles. The third kappa shape index (κ3) is 5.47. The number of H-pyrrole nitrogens is 1. The van der Waals surface area contributed by atoms with Gasteiger partial charge in [0.05, 0.1) is 17.1 Å². The number of imidazole rings is 1. The summed E-state index contributed by atoms with van der Waals surface area (Å²) in [6.45, 7) is 2.27. The van der Waals surface area contributed by atoms with Crippen LogP contribution in [0.25, 0.3) is 22.5 Å². The van der Waals surface area contributed by atoms with Crippen LogP contribution in [0.3, 0.4) is 0 Å². The zero-order valence-electron chi connectivity index (χ0n) is 15.6. The molecule has 28 heavy (non-hydrogen) atoms. The van der Waals surface area contributed by atoms with E-state index in [0.29, 0.717) is 18.2 Å². The summed E-state index contributed by atoms with van der Waals surface area (Å²) >= 11 is 1.35. The molecular formula is C21H22N4O2S. The Morgan fingerprint density at radius 1 is 0.929 bits per heavy atom. The molecule has 144 valence electrons. The van der Waals surface area contributed by atoms with Crippen molar-refractivity contribution in [1.29, 1.82) is 0 Å². The van der Waals surface area contributed by atoms with Crippen LogP contribution in [0.4, 0.5) is 0 Å². The fraction of sp³-hybridized carbons (Fsp3) is 0.190. The number of amides is 2. The van der Waals surface area contributed by atoms with Gasteiger partial charge in [-0.3, -0.25) is 9.59 Å². The highest BCUT2D eigenvalue weighted by atomic mass is 32.2. The summed E-state index contributed by atoms with van der Waals surface area (Å²) < 4.78 is 0. The van der Waals surface area contributed by atoms with Crippen LogP contribution in [0.5, 0.6) is 0 Å². The molecule has 0 atom stereocenters. The minimum Gasteiger partial charge on any atom is -0.355 e. The number of aromatic nitrogens is 2. The second-order valence-corrected chi connectivity index (χ2v) is 7.08. The number of hydrogen-bond donors (Lipinski definition) is 3. The topological polar surface area (TPSA) is 86.9 Å². The van der Waals surface area contributed by atoms with Crippen molar-refractivity contribution in [3.63, 3.8) is 0 Å². The van der Waals surface area contributed by atoms with Crippen LogP contribution < -0.4 is 10.6 Å². The largest absolute Gasteiger partial charge is 0.355 e. The summed E-state index contributed by atoms with van der Waals surface area (Å²) in [6, 6.07) is 20.0. The molecule has 0 aliphatic carbocycles. The molecule has 0 radical (unpaired) electrons. The van der Waals surface area contributed by atoms with Crippen LogP contribution in [0.15, 0.2) is 65.8 Å². The molecule has 0 unspecified atom stereocenters. The molecule has 3 rings (SSSR count). The van der Waals surface area contributed by atoms with Crippen LogP contribution in [0, 0.1) is 0 Å². The van der Waals surface area contributed by atoms with Gasteiger partial charge in [0.15, 0.2) is 5.16 Å². The maximum atomic E-state index is 12.0. The highest BCUT2D eigenvalue weighted by molar-refractivity contribution is 7.99. The van der Waals surface area contributed by atoms with Crippen molar-refractivity contribution in [2.45, 2.75) is 12.1 Å². The molecule has 7 heteroatoms. The summed E-state index contributed by atoms with van der Waals surface area (Å²) in [5.74, 6) is 0.0335. The first kappa shape index (κ1) is 19.7. The molecule has 0 spiro atoms. The normalized spacial score (nSPS) is 10.5. The Bertz CT molecular complexity index is 869. The van der Waals surface area contributed by atoms with E-state index in [4.69, 9.17) is 4.98 Å². The van der Waals surface area contributed by atoms with Gasteiger partial charge in [0.2, 0.25) is 11.8 Å². The Balaban J connectivity index is 1.70. The summed E-state index contributed by atoms with van der Waals surface area (Å²) in [5, 5.41) is 6.11. The second kappa shape index (κ2) is 9.75. The summed E-state index contributed by atoms with van der Waals surface area (Å²) in [7, 11) is 0. The van der Waals surface area contributed by atoms with Gasteiger partial charge in [0.1, 0.15) is 0 Å². The Labute approximate surface area is 168 Å². The lowest BCUT2D eigenvalue weighted by Gasteiger charge is -2.04. The maximum absolute atomic E-state index is 12.0. The van der Waals surface area contributed by atoms with Crippen molar-refractivity contribution in [3.05, 3.63) is 60.7 Å². The number of hydrogen-bond acceptors (Lipinski definition) is 4. The Kier molecular flexibility index (Phi) is 6.86. The zero-order valence-corrected chi connectivity index (χ0v) is 16.4. The fourth-order valence-electron chi connectivity index (χ4n) is 2.66. The lowest BCUT2D eigenvalue weighted by molar-refractivity contribution is -0.120. The molecule has 0 saturated carbocycles. The molecule has 0 saturated heterocycles. The highest BCUT2D eigenvalue weighted by Gasteiger charge is 2.15. The van der Waals surface area contributed by atoms with Crippen LogP contribution in [0.1, 0.15) is 6.92 Å². The predicted octanol–water partition coefficient (Wildman–Crippen LogP) is 3.09. The van der Waals surface area contributed by atoms with E-state index in [1.807, 2.05) is 60.7 Å². The molecule has 6 nitrogen and oxygen atoms in total. The fourth-order valence-corrected chi connectivity index (χ4v) is 3.36. The van der Waals surface area contributed by atoms with Crippen LogP contribution >= 0.6 is 11.8 Å². The Morgan fingerprint density at radius 3 is 2.18 bits per heavy atom. The number of nitrogens with one attached hydrogen (secondary N) is 3. The van der Waals surface area contributed by atoms with Crippen molar-refractivity contribution in [3.8, 4) is 22.5 Å². The van der Waals surface area contributed by atoms with Crippen molar-refractivity contribution in [1.82, 2.24) is 20.6 Å². The lowest BCUT2D eigenvalue weighted by atomic mass is 10.1. The van der Waals surface area contributed by atoms with Gasteiger partial charge < -0.3 is 15.6 Å². The van der Waals surface area contributed by atoms with E-state index >= 15 is 0 Å². The van der Waals surface area contributed by atoms with Gasteiger partial charge in [-0.15, -0.1) is 0 Å². The van der Waals surface area contributed by atoms with E-state index in [-0.39, 0.29) is 17.6 Å². The van der Waals surface area contributed by atoms with Gasteiger partial charge in [-0.05, 0) is 0 Å². The number of thioether (sulfide) groups is 1. The summed E-state index contributed by atoms with van der Waals surface area (Å²) in [4.78, 5) is 30.9. The quantitative estimate of drug-likeness (QED) is 0.405. The third-order valence-electron chi connectivity index (χ3n) is 3.95. The van der Waals surface area contributed by atoms with Crippen LogP contribution in [-0.4, -0.2) is 40.6 Å². The van der Waals surface area contributed by atoms with Gasteiger partial charge in [-0.25, -0.2) is 4.98 Å². The number of benzene rings is 2. The smallest absolute Gasteiger partial charge is 0.230 e. The predicted molar refractivity (Wildman–Crippen MR) is 112 cm³/mol. The van der Waals surface area contributed by atoms with Gasteiger partial charge in [-0.2, -0.15) is 0 Å². The minimum atomic E-state index is -0.110. The monoisotopic (exact) mass is 394 g/mol. The summed E-state index contributed by atoms with van der Waals surface area (Å²) in [5.41, 5.74) is 3.85. The third-order valence-corrected chi connectivity index (χ3v) is 4.83. The molecule has 3 aromatic rings. The number of carbonyl (C=O) groups excluding carboxylic acids is 2. The average molecular weight is 395 g/mol. The lowest BCUT2D eigenvalue weighted by Crippen LogP contribution is -2.34. The van der Waals surface area contributed by atoms with E-state index in [1.54, 1.807) is 0 Å². The molecule has 0 aliphatic rings. The first-order valence-corrected chi connectivity index (χ1v) is 9.97. The zero-order chi connectivity index (χ0) is 19.8. The van der Waals surface area contributed by atoms with Gasteiger partial charge in [0.25, 0.3) is 0 Å². The first-order chi connectivity index (χ1) is 13.6. The molecule has 0 bridgehead atoms. The first-order valence-electron chi connectivity index (χ1n) is 8.98. The maximum Gasteiger partial charge on any atom is 0.230 e.